The normalized spacial score (nSPS) is 20.8. The Morgan fingerprint density at radius 1 is 1.15 bits per heavy atom. The van der Waals surface area contributed by atoms with Crippen molar-refractivity contribution in [2.75, 3.05) is 5.75 Å². The third kappa shape index (κ3) is 1.31. The summed E-state index contributed by atoms with van der Waals surface area (Å²) < 4.78 is 0. The van der Waals surface area contributed by atoms with E-state index in [1.165, 1.54) is 29.1 Å². The summed E-state index contributed by atoms with van der Waals surface area (Å²) in [6.07, 6.45) is 5.24. The van der Waals surface area contributed by atoms with E-state index in [1.54, 1.807) is 5.57 Å². The molecule has 1 heteroatoms. The van der Waals surface area contributed by atoms with Gasteiger partial charge in [0.2, 0.25) is 0 Å². The van der Waals surface area contributed by atoms with Gasteiger partial charge in [-0.15, -0.1) is 11.8 Å². The van der Waals surface area contributed by atoms with E-state index in [9.17, 15) is 0 Å². The molecule has 1 aliphatic heterocycles. The molecule has 0 unspecified atom stereocenters. The second kappa shape index (κ2) is 2.91. The molecule has 0 aromatic heterocycles. The highest BCUT2D eigenvalue weighted by Crippen LogP contribution is 2.46. The van der Waals surface area contributed by atoms with Crippen LogP contribution >= 0.6 is 11.8 Å². The zero-order valence-electron chi connectivity index (χ0n) is 7.49. The highest BCUT2D eigenvalue weighted by Gasteiger charge is 2.29. The van der Waals surface area contributed by atoms with E-state index in [0.29, 0.717) is 0 Å². The van der Waals surface area contributed by atoms with Gasteiger partial charge in [0, 0.05) is 10.6 Å². The van der Waals surface area contributed by atoms with Gasteiger partial charge in [0.1, 0.15) is 0 Å². The van der Waals surface area contributed by atoms with Gasteiger partial charge in [-0.05, 0) is 36.0 Å². The molecule has 0 radical (unpaired) electrons. The molecule has 13 heavy (non-hydrogen) atoms. The van der Waals surface area contributed by atoms with E-state index in [1.807, 2.05) is 11.8 Å². The summed E-state index contributed by atoms with van der Waals surface area (Å²) in [7, 11) is 0. The Kier molecular flexibility index (Phi) is 1.72. The maximum absolute atomic E-state index is 2.42. The average Bonchev–Trinajstić information content (AvgIpc) is 3.00. The number of benzene rings is 1. The first-order chi connectivity index (χ1) is 6.45. The molecule has 0 saturated heterocycles. The van der Waals surface area contributed by atoms with Crippen molar-refractivity contribution < 1.29 is 0 Å². The first kappa shape index (κ1) is 7.69. The second-order valence-electron chi connectivity index (χ2n) is 3.74. The number of allylic oxidation sites excluding steroid dienone is 1. The Morgan fingerprint density at radius 3 is 2.85 bits per heavy atom. The molecule has 1 aliphatic carbocycles. The van der Waals surface area contributed by atoms with Gasteiger partial charge in [0.15, 0.2) is 0 Å². The van der Waals surface area contributed by atoms with Gasteiger partial charge in [-0.2, -0.15) is 0 Å². The average molecular weight is 188 g/mol. The number of hydrogen-bond donors (Lipinski definition) is 0. The van der Waals surface area contributed by atoms with Gasteiger partial charge in [-0.1, -0.05) is 24.3 Å². The summed E-state index contributed by atoms with van der Waals surface area (Å²) in [5, 5.41) is 0. The van der Waals surface area contributed by atoms with Crippen LogP contribution in [0.2, 0.25) is 0 Å². The van der Waals surface area contributed by atoms with E-state index < -0.39 is 0 Å². The molecule has 1 saturated carbocycles. The van der Waals surface area contributed by atoms with Crippen LogP contribution in [0.1, 0.15) is 18.4 Å². The van der Waals surface area contributed by atoms with Crippen LogP contribution in [0, 0.1) is 5.92 Å². The SMILES string of the molecule is C1=C(C2CC2)c2ccccc2SC1. The lowest BCUT2D eigenvalue weighted by Gasteiger charge is -2.16. The minimum Gasteiger partial charge on any atom is -0.121 e. The van der Waals surface area contributed by atoms with Crippen LogP contribution in [0.3, 0.4) is 0 Å². The fourth-order valence-corrected chi connectivity index (χ4v) is 2.90. The van der Waals surface area contributed by atoms with Crippen LogP contribution in [-0.4, -0.2) is 5.75 Å². The minimum absolute atomic E-state index is 0.891. The Morgan fingerprint density at radius 2 is 2.00 bits per heavy atom. The first-order valence-electron chi connectivity index (χ1n) is 4.87. The second-order valence-corrected chi connectivity index (χ2v) is 4.80. The Labute approximate surface area is 83.0 Å². The summed E-state index contributed by atoms with van der Waals surface area (Å²) in [5.74, 6) is 2.06. The molecule has 1 fully saturated rings. The first-order valence-corrected chi connectivity index (χ1v) is 5.86. The summed E-state index contributed by atoms with van der Waals surface area (Å²) in [6.45, 7) is 0. The van der Waals surface area contributed by atoms with Crippen molar-refractivity contribution in [3.05, 3.63) is 35.9 Å². The monoisotopic (exact) mass is 188 g/mol. The lowest BCUT2D eigenvalue weighted by atomic mass is 10.0. The number of rotatable bonds is 1. The molecule has 0 spiro atoms. The fraction of sp³-hybridized carbons (Fsp3) is 0.333. The van der Waals surface area contributed by atoms with Crippen molar-refractivity contribution >= 4 is 17.3 Å². The quantitative estimate of drug-likeness (QED) is 0.649. The molecule has 1 aromatic rings. The lowest BCUT2D eigenvalue weighted by Crippen LogP contribution is -1.96. The molecule has 2 aliphatic rings. The summed E-state index contributed by atoms with van der Waals surface area (Å²) >= 11 is 1.96. The summed E-state index contributed by atoms with van der Waals surface area (Å²) in [6, 6.07) is 8.81. The number of thioether (sulfide) groups is 1. The van der Waals surface area contributed by atoms with Crippen LogP contribution in [0.25, 0.3) is 5.57 Å². The summed E-state index contributed by atoms with van der Waals surface area (Å²) in [4.78, 5) is 1.48. The van der Waals surface area contributed by atoms with Gasteiger partial charge < -0.3 is 0 Å². The predicted octanol–water partition coefficient (Wildman–Crippen LogP) is 3.59. The van der Waals surface area contributed by atoms with Gasteiger partial charge in [0.05, 0.1) is 0 Å². The number of fused-ring (bicyclic) bond motifs is 1. The zero-order valence-corrected chi connectivity index (χ0v) is 8.31. The summed E-state index contributed by atoms with van der Waals surface area (Å²) in [5.41, 5.74) is 3.12. The van der Waals surface area contributed by atoms with E-state index >= 15 is 0 Å². The molecule has 0 amide bonds. The molecule has 3 rings (SSSR count). The van der Waals surface area contributed by atoms with E-state index in [-0.39, 0.29) is 0 Å². The fourth-order valence-electron chi connectivity index (χ4n) is 1.94. The molecular formula is C12H12S. The van der Waals surface area contributed by atoms with Crippen LogP contribution in [-0.2, 0) is 0 Å². The van der Waals surface area contributed by atoms with Crippen molar-refractivity contribution in [1.29, 1.82) is 0 Å². The molecule has 0 nitrogen and oxygen atoms in total. The maximum Gasteiger partial charge on any atom is 0.0167 e. The predicted molar refractivity (Wildman–Crippen MR) is 57.9 cm³/mol. The number of hydrogen-bond acceptors (Lipinski definition) is 1. The highest BCUT2D eigenvalue weighted by atomic mass is 32.2. The molecule has 0 bridgehead atoms. The van der Waals surface area contributed by atoms with Crippen LogP contribution < -0.4 is 0 Å². The van der Waals surface area contributed by atoms with E-state index in [2.05, 4.69) is 30.3 Å². The molecule has 0 N–H and O–H groups in total. The third-order valence-electron chi connectivity index (χ3n) is 2.76. The topological polar surface area (TPSA) is 0 Å². The Hall–Kier alpha value is -0.690. The molecular weight excluding hydrogens is 176 g/mol. The maximum atomic E-state index is 2.42. The van der Waals surface area contributed by atoms with Crippen molar-refractivity contribution in [2.45, 2.75) is 17.7 Å². The highest BCUT2D eigenvalue weighted by molar-refractivity contribution is 7.99. The largest absolute Gasteiger partial charge is 0.121 e. The van der Waals surface area contributed by atoms with Gasteiger partial charge >= 0.3 is 0 Å². The Balaban J connectivity index is 2.09. The van der Waals surface area contributed by atoms with Crippen molar-refractivity contribution in [2.24, 2.45) is 5.92 Å². The third-order valence-corrected chi connectivity index (χ3v) is 3.76. The van der Waals surface area contributed by atoms with Crippen LogP contribution in [0.5, 0.6) is 0 Å². The van der Waals surface area contributed by atoms with Gasteiger partial charge in [-0.25, -0.2) is 0 Å². The molecule has 0 atom stereocenters. The lowest BCUT2D eigenvalue weighted by molar-refractivity contribution is 1.12. The van der Waals surface area contributed by atoms with Crippen molar-refractivity contribution in [3.8, 4) is 0 Å². The molecule has 1 heterocycles. The molecule has 1 aromatic carbocycles. The van der Waals surface area contributed by atoms with Gasteiger partial charge in [0.25, 0.3) is 0 Å². The zero-order chi connectivity index (χ0) is 8.67. The van der Waals surface area contributed by atoms with E-state index in [0.717, 1.165) is 5.92 Å². The Bertz CT molecular complexity index is 361. The smallest absolute Gasteiger partial charge is 0.0167 e. The van der Waals surface area contributed by atoms with Crippen molar-refractivity contribution in [3.63, 3.8) is 0 Å². The molecule has 66 valence electrons. The van der Waals surface area contributed by atoms with Gasteiger partial charge in [-0.3, -0.25) is 0 Å². The van der Waals surface area contributed by atoms with Crippen molar-refractivity contribution in [1.82, 2.24) is 0 Å². The minimum atomic E-state index is 0.891. The van der Waals surface area contributed by atoms with Crippen LogP contribution in [0.15, 0.2) is 35.2 Å². The van der Waals surface area contributed by atoms with Crippen LogP contribution in [0.4, 0.5) is 0 Å². The standard InChI is InChI=1S/C12H12S/c1-2-4-12-11(3-1)10(7-8-13-12)9-5-6-9/h1-4,7,9H,5-6,8H2. The van der Waals surface area contributed by atoms with E-state index in [4.69, 9.17) is 0 Å².